The van der Waals surface area contributed by atoms with Crippen molar-refractivity contribution in [3.63, 3.8) is 0 Å². The summed E-state index contributed by atoms with van der Waals surface area (Å²) in [5.74, 6) is -0.0790. The van der Waals surface area contributed by atoms with Crippen LogP contribution in [0.3, 0.4) is 0 Å². The fourth-order valence-corrected chi connectivity index (χ4v) is 4.10. The highest BCUT2D eigenvalue weighted by Gasteiger charge is 2.34. The van der Waals surface area contributed by atoms with E-state index < -0.39 is 17.7 Å². The second-order valence-corrected chi connectivity index (χ2v) is 9.02. The molecule has 0 spiro atoms. The van der Waals surface area contributed by atoms with Gasteiger partial charge in [0, 0.05) is 6.54 Å². The number of rotatable bonds is 12. The summed E-state index contributed by atoms with van der Waals surface area (Å²) in [5.41, 5.74) is 7.53. The molecule has 4 N–H and O–H groups in total. The molecule has 6 heteroatoms. The van der Waals surface area contributed by atoms with E-state index in [0.717, 1.165) is 18.8 Å². The lowest BCUT2D eigenvalue weighted by Crippen LogP contribution is -2.47. The van der Waals surface area contributed by atoms with Crippen molar-refractivity contribution in [2.24, 2.45) is 29.6 Å². The van der Waals surface area contributed by atoms with Gasteiger partial charge in [0.2, 0.25) is 11.8 Å². The molecule has 0 aromatic carbocycles. The second-order valence-electron chi connectivity index (χ2n) is 9.02. The number of nitrogens with one attached hydrogen (secondary N) is 3. The summed E-state index contributed by atoms with van der Waals surface area (Å²) >= 11 is 0. The molecule has 158 valence electrons. The summed E-state index contributed by atoms with van der Waals surface area (Å²) in [6.07, 6.45) is 9.82. The molecule has 1 saturated carbocycles. The summed E-state index contributed by atoms with van der Waals surface area (Å²) in [4.78, 5) is 25.1. The Hall–Kier alpha value is -1.14. The molecule has 1 rings (SSSR count). The standard InChI is InChI=1S/C21H41N3O3/c1-15(2)13-19(20(25)23-22-14-16(3)4)18(21(26)24-27)12-8-11-17-9-6-5-7-10-17/h15-19,22,27H,5-14H2,1-4H3,(H,23,25)(H,24,26)/t18?,19-/m1/s1. The van der Waals surface area contributed by atoms with Crippen LogP contribution in [0.5, 0.6) is 0 Å². The monoisotopic (exact) mass is 383 g/mol. The van der Waals surface area contributed by atoms with Crippen molar-refractivity contribution in [2.45, 2.75) is 85.5 Å². The van der Waals surface area contributed by atoms with Crippen LogP contribution in [0.4, 0.5) is 0 Å². The molecule has 1 aliphatic rings. The van der Waals surface area contributed by atoms with E-state index in [-0.39, 0.29) is 11.8 Å². The van der Waals surface area contributed by atoms with Crippen molar-refractivity contribution in [2.75, 3.05) is 6.54 Å². The fourth-order valence-electron chi connectivity index (χ4n) is 4.10. The average molecular weight is 384 g/mol. The maximum atomic E-state index is 12.8. The Morgan fingerprint density at radius 3 is 2.19 bits per heavy atom. The fraction of sp³-hybridized carbons (Fsp3) is 0.905. The molecular weight excluding hydrogens is 342 g/mol. The van der Waals surface area contributed by atoms with Gasteiger partial charge in [-0.2, -0.15) is 0 Å². The average Bonchev–Trinajstić information content (AvgIpc) is 2.63. The van der Waals surface area contributed by atoms with Gasteiger partial charge in [-0.3, -0.25) is 20.2 Å². The molecule has 0 saturated heterocycles. The van der Waals surface area contributed by atoms with Gasteiger partial charge >= 0.3 is 0 Å². The van der Waals surface area contributed by atoms with E-state index >= 15 is 0 Å². The minimum Gasteiger partial charge on any atom is -0.291 e. The van der Waals surface area contributed by atoms with E-state index in [1.165, 1.54) is 32.1 Å². The Morgan fingerprint density at radius 1 is 0.963 bits per heavy atom. The normalized spacial score (nSPS) is 17.7. The maximum Gasteiger partial charge on any atom is 0.247 e. The van der Waals surface area contributed by atoms with Gasteiger partial charge in [-0.25, -0.2) is 10.9 Å². The van der Waals surface area contributed by atoms with E-state index in [0.29, 0.717) is 25.3 Å². The quantitative estimate of drug-likeness (QED) is 0.305. The molecule has 0 heterocycles. The molecule has 2 amide bonds. The summed E-state index contributed by atoms with van der Waals surface area (Å²) in [5, 5.41) is 9.22. The van der Waals surface area contributed by atoms with Gasteiger partial charge in [0.05, 0.1) is 11.8 Å². The third-order valence-corrected chi connectivity index (χ3v) is 5.57. The van der Waals surface area contributed by atoms with Crippen molar-refractivity contribution < 1.29 is 14.8 Å². The molecule has 1 aliphatic carbocycles. The van der Waals surface area contributed by atoms with Crippen LogP contribution in [0.25, 0.3) is 0 Å². The summed E-state index contributed by atoms with van der Waals surface area (Å²) in [6, 6.07) is 0. The number of hydroxylamine groups is 1. The molecule has 6 nitrogen and oxygen atoms in total. The largest absolute Gasteiger partial charge is 0.291 e. The molecule has 2 atom stereocenters. The van der Waals surface area contributed by atoms with Crippen LogP contribution in [-0.4, -0.2) is 23.6 Å². The van der Waals surface area contributed by atoms with Crippen molar-refractivity contribution >= 4 is 11.8 Å². The number of carbonyl (C=O) groups is 2. The van der Waals surface area contributed by atoms with Gasteiger partial charge in [0.25, 0.3) is 0 Å². The SMILES string of the molecule is CC(C)CNNC(=O)[C@H](CC(C)C)C(CCCC1CCCCC1)C(=O)NO. The number of amides is 2. The Kier molecular flexibility index (Phi) is 11.6. The summed E-state index contributed by atoms with van der Waals surface area (Å²) < 4.78 is 0. The molecule has 1 fully saturated rings. The van der Waals surface area contributed by atoms with E-state index in [4.69, 9.17) is 0 Å². The highest BCUT2D eigenvalue weighted by Crippen LogP contribution is 2.31. The van der Waals surface area contributed by atoms with Crippen LogP contribution < -0.4 is 16.3 Å². The lowest BCUT2D eigenvalue weighted by molar-refractivity contribution is -0.141. The highest BCUT2D eigenvalue weighted by atomic mass is 16.5. The summed E-state index contributed by atoms with van der Waals surface area (Å²) in [6.45, 7) is 8.92. The molecule has 0 aromatic rings. The van der Waals surface area contributed by atoms with Gasteiger partial charge in [-0.05, 0) is 30.6 Å². The first-order chi connectivity index (χ1) is 12.8. The second kappa shape index (κ2) is 13.1. The predicted molar refractivity (Wildman–Crippen MR) is 108 cm³/mol. The van der Waals surface area contributed by atoms with Gasteiger partial charge in [0.1, 0.15) is 0 Å². The zero-order chi connectivity index (χ0) is 20.2. The lowest BCUT2D eigenvalue weighted by atomic mass is 9.79. The number of carbonyl (C=O) groups excluding carboxylic acids is 2. The van der Waals surface area contributed by atoms with Crippen molar-refractivity contribution in [1.29, 1.82) is 0 Å². The van der Waals surface area contributed by atoms with E-state index in [1.807, 2.05) is 0 Å². The van der Waals surface area contributed by atoms with Crippen LogP contribution in [0.1, 0.15) is 85.5 Å². The Bertz CT molecular complexity index is 434. The van der Waals surface area contributed by atoms with Crippen molar-refractivity contribution in [3.05, 3.63) is 0 Å². The van der Waals surface area contributed by atoms with Crippen LogP contribution >= 0.6 is 0 Å². The lowest BCUT2D eigenvalue weighted by Gasteiger charge is -2.27. The third-order valence-electron chi connectivity index (χ3n) is 5.57. The Morgan fingerprint density at radius 2 is 1.63 bits per heavy atom. The Balaban J connectivity index is 2.69. The van der Waals surface area contributed by atoms with Crippen LogP contribution in [0.2, 0.25) is 0 Å². The van der Waals surface area contributed by atoms with Crippen LogP contribution in [0.15, 0.2) is 0 Å². The highest BCUT2D eigenvalue weighted by molar-refractivity contribution is 5.87. The summed E-state index contributed by atoms with van der Waals surface area (Å²) in [7, 11) is 0. The van der Waals surface area contributed by atoms with Crippen LogP contribution in [-0.2, 0) is 9.59 Å². The number of hydrogen-bond acceptors (Lipinski definition) is 4. The molecular formula is C21H41N3O3. The minimum atomic E-state index is -0.498. The van der Waals surface area contributed by atoms with Crippen LogP contribution in [0, 0.1) is 29.6 Å². The zero-order valence-corrected chi connectivity index (χ0v) is 17.7. The van der Waals surface area contributed by atoms with Gasteiger partial charge in [0.15, 0.2) is 0 Å². The smallest absolute Gasteiger partial charge is 0.247 e. The first kappa shape index (κ1) is 23.9. The van der Waals surface area contributed by atoms with E-state index in [9.17, 15) is 14.8 Å². The van der Waals surface area contributed by atoms with E-state index in [1.54, 1.807) is 5.48 Å². The number of hydrazine groups is 1. The Labute approximate surface area is 165 Å². The predicted octanol–water partition coefficient (Wildman–Crippen LogP) is 3.80. The molecule has 0 radical (unpaired) electrons. The first-order valence-electron chi connectivity index (χ1n) is 10.8. The molecule has 0 bridgehead atoms. The molecule has 0 aromatic heterocycles. The molecule has 0 aliphatic heterocycles. The molecule has 27 heavy (non-hydrogen) atoms. The minimum absolute atomic E-state index is 0.157. The zero-order valence-electron chi connectivity index (χ0n) is 17.7. The third kappa shape index (κ3) is 9.56. The van der Waals surface area contributed by atoms with E-state index in [2.05, 4.69) is 38.5 Å². The van der Waals surface area contributed by atoms with Gasteiger partial charge in [-0.15, -0.1) is 0 Å². The van der Waals surface area contributed by atoms with Crippen molar-refractivity contribution in [3.8, 4) is 0 Å². The molecule has 1 unspecified atom stereocenters. The topological polar surface area (TPSA) is 90.5 Å². The number of hydrogen-bond donors (Lipinski definition) is 4. The first-order valence-corrected chi connectivity index (χ1v) is 10.8. The van der Waals surface area contributed by atoms with Gasteiger partial charge in [-0.1, -0.05) is 72.6 Å². The van der Waals surface area contributed by atoms with Gasteiger partial charge < -0.3 is 0 Å². The maximum absolute atomic E-state index is 12.8. The van der Waals surface area contributed by atoms with Crippen molar-refractivity contribution in [1.82, 2.24) is 16.3 Å².